The van der Waals surface area contributed by atoms with Gasteiger partial charge in [-0.25, -0.2) is 4.68 Å². The van der Waals surface area contributed by atoms with Crippen molar-refractivity contribution in [3.8, 4) is 11.8 Å². The Morgan fingerprint density at radius 1 is 1.12 bits per heavy atom. The van der Waals surface area contributed by atoms with Crippen molar-refractivity contribution >= 4 is 10.9 Å². The molecule has 3 heterocycles. The summed E-state index contributed by atoms with van der Waals surface area (Å²) in [6.07, 6.45) is 5.16. The number of aromatic amines is 1. The second-order valence-corrected chi connectivity index (χ2v) is 5.78. The number of fused-ring (bicyclic) bond motifs is 1. The minimum Gasteiger partial charge on any atom is -0.321 e. The summed E-state index contributed by atoms with van der Waals surface area (Å²) in [5.74, 6) is 0. The number of hydrogen-bond acceptors (Lipinski definition) is 4. The van der Waals surface area contributed by atoms with Gasteiger partial charge in [0, 0.05) is 18.6 Å². The van der Waals surface area contributed by atoms with Gasteiger partial charge in [0.2, 0.25) is 0 Å². The quantitative estimate of drug-likeness (QED) is 0.613. The molecule has 1 N–H and O–H groups in total. The van der Waals surface area contributed by atoms with Crippen molar-refractivity contribution in [1.29, 1.82) is 5.26 Å². The van der Waals surface area contributed by atoms with Crippen LogP contribution in [-0.4, -0.2) is 19.3 Å². The standard InChI is InChI=1S/C19H13N5O2/c20-11-14-10-15-16(22-18(14)25)6-9-23(19(15)26)12-13-4-1-2-5-17(13)24-8-3-7-21-24/h1-10H,12H2,(H,22,25). The van der Waals surface area contributed by atoms with Crippen molar-refractivity contribution in [2.75, 3.05) is 0 Å². The van der Waals surface area contributed by atoms with E-state index in [9.17, 15) is 9.59 Å². The average Bonchev–Trinajstić information content (AvgIpc) is 3.19. The Kier molecular flexibility index (Phi) is 3.71. The van der Waals surface area contributed by atoms with Gasteiger partial charge in [0.15, 0.2) is 0 Å². The molecule has 126 valence electrons. The molecule has 4 aromatic rings. The summed E-state index contributed by atoms with van der Waals surface area (Å²) >= 11 is 0. The molecule has 0 unspecified atom stereocenters. The Labute approximate surface area is 147 Å². The van der Waals surface area contributed by atoms with Crippen LogP contribution in [0.3, 0.4) is 0 Å². The van der Waals surface area contributed by atoms with E-state index >= 15 is 0 Å². The van der Waals surface area contributed by atoms with Crippen molar-refractivity contribution in [3.05, 3.63) is 92.9 Å². The van der Waals surface area contributed by atoms with E-state index in [-0.39, 0.29) is 11.1 Å². The third-order valence-corrected chi connectivity index (χ3v) is 4.19. The van der Waals surface area contributed by atoms with Gasteiger partial charge < -0.3 is 9.55 Å². The van der Waals surface area contributed by atoms with Gasteiger partial charge in [0.1, 0.15) is 11.6 Å². The molecule has 7 heteroatoms. The number of nitrogens with zero attached hydrogens (tertiary/aromatic N) is 4. The molecule has 0 aliphatic rings. The van der Waals surface area contributed by atoms with Gasteiger partial charge in [-0.2, -0.15) is 10.4 Å². The predicted octanol–water partition coefficient (Wildman–Crippen LogP) is 1.80. The summed E-state index contributed by atoms with van der Waals surface area (Å²) in [4.78, 5) is 27.1. The maximum absolute atomic E-state index is 12.8. The van der Waals surface area contributed by atoms with Crippen molar-refractivity contribution < 1.29 is 0 Å². The minimum absolute atomic E-state index is 0.0794. The first-order chi connectivity index (χ1) is 12.7. The summed E-state index contributed by atoms with van der Waals surface area (Å²) in [5, 5.41) is 13.6. The highest BCUT2D eigenvalue weighted by atomic mass is 16.1. The van der Waals surface area contributed by atoms with Crippen LogP contribution < -0.4 is 11.1 Å². The molecular weight excluding hydrogens is 330 g/mol. The number of pyridine rings is 2. The van der Waals surface area contributed by atoms with Gasteiger partial charge in [-0.1, -0.05) is 18.2 Å². The number of hydrogen-bond donors (Lipinski definition) is 1. The maximum atomic E-state index is 12.8. The molecule has 0 atom stereocenters. The monoisotopic (exact) mass is 343 g/mol. The van der Waals surface area contributed by atoms with Gasteiger partial charge in [0.05, 0.1) is 23.1 Å². The third kappa shape index (κ3) is 2.59. The highest BCUT2D eigenvalue weighted by Crippen LogP contribution is 2.15. The van der Waals surface area contributed by atoms with Crippen molar-refractivity contribution in [2.24, 2.45) is 0 Å². The molecule has 0 radical (unpaired) electrons. The van der Waals surface area contributed by atoms with Crippen LogP contribution in [0, 0.1) is 11.3 Å². The number of benzene rings is 1. The number of rotatable bonds is 3. The lowest BCUT2D eigenvalue weighted by atomic mass is 10.1. The predicted molar refractivity (Wildman–Crippen MR) is 96.2 cm³/mol. The Morgan fingerprint density at radius 2 is 1.96 bits per heavy atom. The molecular formula is C19H13N5O2. The van der Waals surface area contributed by atoms with Gasteiger partial charge >= 0.3 is 0 Å². The van der Waals surface area contributed by atoms with E-state index in [1.54, 1.807) is 27.7 Å². The zero-order valence-electron chi connectivity index (χ0n) is 13.6. The summed E-state index contributed by atoms with van der Waals surface area (Å²) in [6.45, 7) is 0.339. The smallest absolute Gasteiger partial charge is 0.266 e. The van der Waals surface area contributed by atoms with Gasteiger partial charge in [-0.15, -0.1) is 0 Å². The van der Waals surface area contributed by atoms with Crippen LogP contribution in [0.2, 0.25) is 0 Å². The van der Waals surface area contributed by atoms with Gasteiger partial charge in [-0.05, 0) is 29.8 Å². The van der Waals surface area contributed by atoms with E-state index < -0.39 is 5.56 Å². The van der Waals surface area contributed by atoms with E-state index in [1.807, 2.05) is 42.6 Å². The second kappa shape index (κ2) is 6.18. The molecule has 0 saturated carbocycles. The summed E-state index contributed by atoms with van der Waals surface area (Å²) < 4.78 is 3.29. The van der Waals surface area contributed by atoms with Crippen LogP contribution >= 0.6 is 0 Å². The lowest BCUT2D eigenvalue weighted by molar-refractivity contribution is 0.751. The van der Waals surface area contributed by atoms with E-state index in [0.29, 0.717) is 17.4 Å². The van der Waals surface area contributed by atoms with E-state index in [0.717, 1.165) is 11.3 Å². The number of nitrogens with one attached hydrogen (secondary N) is 1. The number of H-pyrrole nitrogens is 1. The van der Waals surface area contributed by atoms with Crippen LogP contribution in [0.25, 0.3) is 16.6 Å². The topological polar surface area (TPSA) is 96.5 Å². The molecule has 26 heavy (non-hydrogen) atoms. The van der Waals surface area contributed by atoms with E-state index in [1.165, 1.54) is 6.07 Å². The average molecular weight is 343 g/mol. The molecule has 7 nitrogen and oxygen atoms in total. The fourth-order valence-corrected chi connectivity index (χ4v) is 2.91. The van der Waals surface area contributed by atoms with Crippen LogP contribution in [0.5, 0.6) is 0 Å². The van der Waals surface area contributed by atoms with Crippen molar-refractivity contribution in [2.45, 2.75) is 6.54 Å². The summed E-state index contributed by atoms with van der Waals surface area (Å²) in [5.41, 5.74) is 1.36. The fourth-order valence-electron chi connectivity index (χ4n) is 2.91. The lowest BCUT2D eigenvalue weighted by Crippen LogP contribution is -2.23. The van der Waals surface area contributed by atoms with E-state index in [2.05, 4.69) is 10.1 Å². The molecule has 3 aromatic heterocycles. The molecule has 0 bridgehead atoms. The SMILES string of the molecule is N#Cc1cc2c(=O)n(Cc3ccccc3-n3cccn3)ccc2[nH]c1=O. The van der Waals surface area contributed by atoms with Crippen molar-refractivity contribution in [1.82, 2.24) is 19.3 Å². The summed E-state index contributed by atoms with van der Waals surface area (Å²) in [6, 6.07) is 14.3. The molecule has 0 aliphatic carbocycles. The Hall–Kier alpha value is -3.92. The minimum atomic E-state index is -0.499. The molecule has 1 aromatic carbocycles. The zero-order valence-corrected chi connectivity index (χ0v) is 13.6. The Balaban J connectivity index is 1.84. The molecule has 0 amide bonds. The van der Waals surface area contributed by atoms with E-state index in [4.69, 9.17) is 5.26 Å². The normalized spacial score (nSPS) is 10.7. The first-order valence-corrected chi connectivity index (χ1v) is 7.92. The second-order valence-electron chi connectivity index (χ2n) is 5.78. The first kappa shape index (κ1) is 15.6. The maximum Gasteiger partial charge on any atom is 0.266 e. The molecule has 0 aliphatic heterocycles. The van der Waals surface area contributed by atoms with Gasteiger partial charge in [0.25, 0.3) is 11.1 Å². The van der Waals surface area contributed by atoms with Crippen LogP contribution in [-0.2, 0) is 6.54 Å². The zero-order chi connectivity index (χ0) is 18.1. The third-order valence-electron chi connectivity index (χ3n) is 4.19. The Morgan fingerprint density at radius 3 is 2.73 bits per heavy atom. The molecule has 0 saturated heterocycles. The molecule has 0 fully saturated rings. The van der Waals surface area contributed by atoms with Crippen LogP contribution in [0.4, 0.5) is 0 Å². The molecule has 0 spiro atoms. The summed E-state index contributed by atoms with van der Waals surface area (Å²) in [7, 11) is 0. The number of aromatic nitrogens is 4. The highest BCUT2D eigenvalue weighted by Gasteiger charge is 2.10. The number of nitriles is 1. The van der Waals surface area contributed by atoms with Crippen LogP contribution in [0.15, 0.2) is 70.6 Å². The number of para-hydroxylation sites is 1. The van der Waals surface area contributed by atoms with Crippen molar-refractivity contribution in [3.63, 3.8) is 0 Å². The first-order valence-electron chi connectivity index (χ1n) is 7.92. The Bertz CT molecular complexity index is 1260. The largest absolute Gasteiger partial charge is 0.321 e. The van der Waals surface area contributed by atoms with Gasteiger partial charge in [-0.3, -0.25) is 9.59 Å². The molecule has 4 rings (SSSR count). The highest BCUT2D eigenvalue weighted by molar-refractivity contribution is 5.78. The fraction of sp³-hybridized carbons (Fsp3) is 0.0526. The van der Waals surface area contributed by atoms with Crippen LogP contribution in [0.1, 0.15) is 11.1 Å². The lowest BCUT2D eigenvalue weighted by Gasteiger charge is -2.12.